The van der Waals surface area contributed by atoms with Gasteiger partial charge in [0.1, 0.15) is 0 Å². The van der Waals surface area contributed by atoms with Crippen LogP contribution in [0.4, 0.5) is 0 Å². The fourth-order valence-electron chi connectivity index (χ4n) is 7.41. The van der Waals surface area contributed by atoms with Crippen LogP contribution in [0.5, 0.6) is 0 Å². The molecule has 6 rings (SSSR count). The highest BCUT2D eigenvalue weighted by atomic mass is 16.5. The second-order valence-electron chi connectivity index (χ2n) is 10.3. The lowest BCUT2D eigenvalue weighted by Gasteiger charge is -2.66. The van der Waals surface area contributed by atoms with Gasteiger partial charge in [-0.15, -0.1) is 0 Å². The maximum atomic E-state index is 12.4. The van der Waals surface area contributed by atoms with Crippen LogP contribution < -0.4 is 0 Å². The summed E-state index contributed by atoms with van der Waals surface area (Å²) in [5, 5.41) is 0. The third-order valence-corrected chi connectivity index (χ3v) is 7.58. The summed E-state index contributed by atoms with van der Waals surface area (Å²) in [5.41, 5.74) is 3.30. The maximum Gasteiger partial charge on any atom is 0.330 e. The monoisotopic (exact) mass is 386 g/mol. The number of rotatable bonds is 5. The number of benzene rings is 2. The Labute approximate surface area is 174 Å². The summed E-state index contributed by atoms with van der Waals surface area (Å²) in [5.74, 6) is 0.540. The van der Waals surface area contributed by atoms with E-state index in [1.807, 2.05) is 36.4 Å². The summed E-state index contributed by atoms with van der Waals surface area (Å²) in [6.07, 6.45) is 10.9. The Bertz CT molecular complexity index is 918. The first-order valence-electron chi connectivity index (χ1n) is 10.9. The fourth-order valence-corrected chi connectivity index (χ4v) is 7.41. The molecule has 0 spiro atoms. The van der Waals surface area contributed by atoms with Gasteiger partial charge >= 0.3 is 5.97 Å². The molecule has 4 bridgehead atoms. The summed E-state index contributed by atoms with van der Waals surface area (Å²) < 4.78 is 5.85. The van der Waals surface area contributed by atoms with Gasteiger partial charge in [-0.2, -0.15) is 0 Å². The summed E-state index contributed by atoms with van der Waals surface area (Å²) in [4.78, 5) is 12.4. The Morgan fingerprint density at radius 3 is 2.41 bits per heavy atom. The van der Waals surface area contributed by atoms with Gasteiger partial charge in [-0.3, -0.25) is 0 Å². The summed E-state index contributed by atoms with van der Waals surface area (Å²) in [6.45, 7) is 3.03. The van der Waals surface area contributed by atoms with E-state index in [0.29, 0.717) is 12.0 Å². The van der Waals surface area contributed by atoms with Crippen molar-refractivity contribution >= 4 is 12.0 Å². The first-order valence-corrected chi connectivity index (χ1v) is 10.9. The highest BCUT2D eigenvalue weighted by Crippen LogP contribution is 2.70. The minimum Gasteiger partial charge on any atom is -0.462 e. The van der Waals surface area contributed by atoms with Crippen molar-refractivity contribution in [2.45, 2.75) is 50.9 Å². The Balaban J connectivity index is 1.34. The lowest BCUT2D eigenvalue weighted by atomic mass is 9.39. The number of hydrogen-bond acceptors (Lipinski definition) is 2. The van der Waals surface area contributed by atoms with Gasteiger partial charge in [-0.25, -0.2) is 4.79 Å². The molecular formula is C27H30O2. The Kier molecular flexibility index (Phi) is 4.42. The molecule has 0 amide bonds. The molecule has 0 aromatic heterocycles. The summed E-state index contributed by atoms with van der Waals surface area (Å²) in [7, 11) is 0. The van der Waals surface area contributed by atoms with Crippen molar-refractivity contribution in [1.29, 1.82) is 0 Å². The standard InChI is InChI=1S/C27H30O2/c1-25-14-22-15-26(17-25,19-27(16-22,18-25)23-10-6-3-7-11-23)20-29-24(28)13-12-21-8-4-2-5-9-21/h2-13,22H,14-20H2,1H3/b13-12+/t22-,25+,26+,27+/m0/s1. The number of carbonyl (C=O) groups excluding carboxylic acids is 1. The van der Waals surface area contributed by atoms with Crippen LogP contribution >= 0.6 is 0 Å². The third-order valence-electron chi connectivity index (χ3n) is 7.58. The molecular weight excluding hydrogens is 356 g/mol. The SMILES string of the molecule is C[C@@]12C[C@H]3C[C@@](COC(=O)/C=C/c4ccccc4)(C1)C[C@@](c1ccccc1)(C3)C2. The van der Waals surface area contributed by atoms with Gasteiger partial charge in [0.2, 0.25) is 0 Å². The molecule has 2 heteroatoms. The van der Waals surface area contributed by atoms with Gasteiger partial charge in [0.05, 0.1) is 6.61 Å². The van der Waals surface area contributed by atoms with E-state index in [0.717, 1.165) is 17.9 Å². The normalized spacial score (nSPS) is 35.1. The highest BCUT2D eigenvalue weighted by molar-refractivity contribution is 5.87. The predicted molar refractivity (Wildman–Crippen MR) is 116 cm³/mol. The summed E-state index contributed by atoms with van der Waals surface area (Å²) in [6, 6.07) is 21.0. The Hall–Kier alpha value is -2.35. The molecule has 2 nitrogen and oxygen atoms in total. The van der Waals surface area contributed by atoms with E-state index in [1.54, 1.807) is 6.08 Å². The van der Waals surface area contributed by atoms with E-state index in [1.165, 1.54) is 37.7 Å². The van der Waals surface area contributed by atoms with Crippen LogP contribution in [0.1, 0.15) is 56.6 Å². The van der Waals surface area contributed by atoms with Crippen molar-refractivity contribution in [2.24, 2.45) is 16.7 Å². The van der Waals surface area contributed by atoms with Crippen LogP contribution in [0.3, 0.4) is 0 Å². The molecule has 0 radical (unpaired) electrons. The van der Waals surface area contributed by atoms with Crippen LogP contribution in [-0.4, -0.2) is 12.6 Å². The lowest BCUT2D eigenvalue weighted by molar-refractivity contribution is -0.163. The number of hydrogen-bond donors (Lipinski definition) is 0. The largest absolute Gasteiger partial charge is 0.462 e. The zero-order chi connectivity index (χ0) is 20.0. The molecule has 0 N–H and O–H groups in total. The zero-order valence-electron chi connectivity index (χ0n) is 17.3. The topological polar surface area (TPSA) is 26.3 Å². The van der Waals surface area contributed by atoms with Gasteiger partial charge in [-0.05, 0) is 72.5 Å². The van der Waals surface area contributed by atoms with Crippen LogP contribution in [0, 0.1) is 16.7 Å². The number of carbonyl (C=O) groups is 1. The molecule has 4 saturated carbocycles. The predicted octanol–water partition coefficient (Wildman–Crippen LogP) is 6.17. The van der Waals surface area contributed by atoms with E-state index in [2.05, 4.69) is 37.3 Å². The van der Waals surface area contributed by atoms with Gasteiger partial charge in [0, 0.05) is 11.5 Å². The molecule has 2 aromatic carbocycles. The quantitative estimate of drug-likeness (QED) is 0.454. The van der Waals surface area contributed by atoms with E-state index < -0.39 is 0 Å². The lowest BCUT2D eigenvalue weighted by Crippen LogP contribution is -2.59. The first kappa shape index (κ1) is 18.7. The molecule has 29 heavy (non-hydrogen) atoms. The second-order valence-corrected chi connectivity index (χ2v) is 10.3. The zero-order valence-corrected chi connectivity index (χ0v) is 17.3. The van der Waals surface area contributed by atoms with Crippen molar-refractivity contribution in [3.05, 3.63) is 77.9 Å². The Morgan fingerprint density at radius 2 is 1.69 bits per heavy atom. The van der Waals surface area contributed by atoms with Crippen molar-refractivity contribution in [2.75, 3.05) is 6.61 Å². The van der Waals surface area contributed by atoms with Gasteiger partial charge in [-0.1, -0.05) is 67.6 Å². The van der Waals surface area contributed by atoms with Crippen LogP contribution in [0.2, 0.25) is 0 Å². The fraction of sp³-hybridized carbons (Fsp3) is 0.444. The average Bonchev–Trinajstić information content (AvgIpc) is 2.70. The molecule has 150 valence electrons. The smallest absolute Gasteiger partial charge is 0.330 e. The van der Waals surface area contributed by atoms with Crippen LogP contribution in [-0.2, 0) is 14.9 Å². The highest BCUT2D eigenvalue weighted by Gasteiger charge is 2.62. The average molecular weight is 387 g/mol. The van der Waals surface area contributed by atoms with E-state index in [-0.39, 0.29) is 16.8 Å². The first-order chi connectivity index (χ1) is 14.0. The van der Waals surface area contributed by atoms with Crippen LogP contribution in [0.15, 0.2) is 66.7 Å². The van der Waals surface area contributed by atoms with Gasteiger partial charge < -0.3 is 4.74 Å². The minimum atomic E-state index is -0.219. The molecule has 4 atom stereocenters. The molecule has 4 fully saturated rings. The molecule has 4 aliphatic carbocycles. The molecule has 0 saturated heterocycles. The van der Waals surface area contributed by atoms with Gasteiger partial charge in [0.25, 0.3) is 0 Å². The Morgan fingerprint density at radius 1 is 0.966 bits per heavy atom. The van der Waals surface area contributed by atoms with E-state index >= 15 is 0 Å². The van der Waals surface area contributed by atoms with Crippen molar-refractivity contribution in [1.82, 2.24) is 0 Å². The summed E-state index contributed by atoms with van der Waals surface area (Å²) >= 11 is 0. The van der Waals surface area contributed by atoms with Crippen molar-refractivity contribution in [3.63, 3.8) is 0 Å². The third kappa shape index (κ3) is 3.54. The maximum absolute atomic E-state index is 12.4. The second kappa shape index (κ2) is 6.86. The van der Waals surface area contributed by atoms with Crippen molar-refractivity contribution < 1.29 is 9.53 Å². The van der Waals surface area contributed by atoms with E-state index in [4.69, 9.17) is 4.74 Å². The van der Waals surface area contributed by atoms with Crippen LogP contribution in [0.25, 0.3) is 6.08 Å². The van der Waals surface area contributed by atoms with E-state index in [9.17, 15) is 4.79 Å². The van der Waals surface area contributed by atoms with Gasteiger partial charge in [0.15, 0.2) is 0 Å². The molecule has 0 unspecified atom stereocenters. The molecule has 2 aromatic rings. The number of ether oxygens (including phenoxy) is 1. The van der Waals surface area contributed by atoms with Crippen molar-refractivity contribution in [3.8, 4) is 0 Å². The number of esters is 1. The minimum absolute atomic E-state index is 0.139. The molecule has 4 aliphatic rings. The molecule has 0 heterocycles. The molecule has 0 aliphatic heterocycles.